The molecule has 30 heavy (non-hydrogen) atoms. The van der Waals surface area contributed by atoms with E-state index in [0.717, 1.165) is 39.2 Å². The summed E-state index contributed by atoms with van der Waals surface area (Å²) in [4.78, 5) is 13.1. The second kappa shape index (κ2) is 8.49. The van der Waals surface area contributed by atoms with E-state index in [4.69, 9.17) is 25.5 Å². The lowest BCUT2D eigenvalue weighted by Crippen LogP contribution is -2.37. The smallest absolute Gasteiger partial charge is 0.246 e. The first-order valence-electron chi connectivity index (χ1n) is 9.45. The quantitative estimate of drug-likeness (QED) is 0.461. The molecule has 0 aliphatic carbocycles. The maximum atomic E-state index is 13.1. The normalized spacial score (nSPS) is 18.1. The lowest BCUT2D eigenvalue weighted by Gasteiger charge is -2.30. The number of ether oxygens (including phenoxy) is 2. The first-order valence-corrected chi connectivity index (χ1v) is 11.8. The van der Waals surface area contributed by atoms with Crippen LogP contribution in [0.25, 0.3) is 11.3 Å². The molecule has 0 radical (unpaired) electrons. The molecular formula is C22H18ClNO4S2. The molecule has 5 rings (SSSR count). The van der Waals surface area contributed by atoms with Gasteiger partial charge < -0.3 is 13.9 Å². The molecule has 1 saturated heterocycles. The van der Waals surface area contributed by atoms with Crippen LogP contribution >= 0.6 is 35.3 Å². The van der Waals surface area contributed by atoms with Crippen molar-refractivity contribution in [3.63, 3.8) is 0 Å². The largest absolute Gasteiger partial charge is 0.461 e. The van der Waals surface area contributed by atoms with Crippen molar-refractivity contribution < 1.29 is 18.7 Å². The summed E-state index contributed by atoms with van der Waals surface area (Å²) in [6.45, 7) is 0.772. The van der Waals surface area contributed by atoms with Crippen LogP contribution < -0.4 is 9.47 Å². The van der Waals surface area contributed by atoms with Gasteiger partial charge in [-0.15, -0.1) is 11.8 Å². The van der Waals surface area contributed by atoms with E-state index < -0.39 is 0 Å². The Bertz CT molecular complexity index is 1090. The van der Waals surface area contributed by atoms with E-state index in [0.29, 0.717) is 18.0 Å². The van der Waals surface area contributed by atoms with Gasteiger partial charge in [-0.25, -0.2) is 0 Å². The van der Waals surface area contributed by atoms with E-state index in [1.54, 1.807) is 23.7 Å². The highest BCUT2D eigenvalue weighted by molar-refractivity contribution is 8.16. The van der Waals surface area contributed by atoms with E-state index in [1.165, 1.54) is 0 Å². The number of amides is 1. The minimum absolute atomic E-state index is 0.101. The van der Waals surface area contributed by atoms with Crippen molar-refractivity contribution in [1.82, 2.24) is 4.31 Å². The minimum Gasteiger partial charge on any atom is -0.461 e. The number of furan rings is 1. The molecule has 1 fully saturated rings. The zero-order chi connectivity index (χ0) is 20.5. The molecule has 1 amide bonds. The molecular weight excluding hydrogens is 442 g/mol. The Morgan fingerprint density at radius 1 is 1.07 bits per heavy atom. The van der Waals surface area contributed by atoms with Crippen LogP contribution in [0, 0.1) is 0 Å². The summed E-state index contributed by atoms with van der Waals surface area (Å²) in [7, 11) is 0. The standard InChI is InChI=1S/C22H18ClNO4S2/c23-17-4-2-1-3-16(17)18-8-6-15(28-18)10-21-22(25)24(30-13-29-21)11-14-5-7-19-20(9-14)27-12-26-19/h1-9,21H,10-13H2. The number of thioether (sulfide) groups is 1. The molecule has 2 aliphatic heterocycles. The number of rotatable bonds is 5. The molecule has 0 bridgehead atoms. The maximum Gasteiger partial charge on any atom is 0.246 e. The molecule has 0 N–H and O–H groups in total. The summed E-state index contributed by atoms with van der Waals surface area (Å²) in [6.07, 6.45) is 0.548. The molecule has 8 heteroatoms. The van der Waals surface area contributed by atoms with Crippen molar-refractivity contribution >= 4 is 41.2 Å². The summed E-state index contributed by atoms with van der Waals surface area (Å²) >= 11 is 9.46. The van der Waals surface area contributed by atoms with Crippen molar-refractivity contribution in [3.8, 4) is 22.8 Å². The number of carbonyl (C=O) groups is 1. The van der Waals surface area contributed by atoms with Gasteiger partial charge in [0.1, 0.15) is 11.5 Å². The molecule has 1 atom stereocenters. The topological polar surface area (TPSA) is 51.9 Å². The fourth-order valence-electron chi connectivity index (χ4n) is 3.42. The lowest BCUT2D eigenvalue weighted by molar-refractivity contribution is -0.126. The lowest BCUT2D eigenvalue weighted by atomic mass is 10.2. The van der Waals surface area contributed by atoms with E-state index in [2.05, 4.69) is 0 Å². The van der Waals surface area contributed by atoms with Crippen molar-refractivity contribution in [2.75, 3.05) is 11.9 Å². The molecule has 1 aromatic heterocycles. The predicted octanol–water partition coefficient (Wildman–Crippen LogP) is 5.62. The molecule has 1 unspecified atom stereocenters. The highest BCUT2D eigenvalue weighted by Gasteiger charge is 2.31. The molecule has 3 aromatic rings. The van der Waals surface area contributed by atoms with Crippen LogP contribution in [0.1, 0.15) is 11.3 Å². The molecule has 154 valence electrons. The molecule has 3 heterocycles. The SMILES string of the molecule is O=C1C(Cc2ccc(-c3ccccc3Cl)o2)SCSN1Cc1ccc2c(c1)OCO2. The zero-order valence-corrected chi connectivity index (χ0v) is 18.3. The predicted molar refractivity (Wildman–Crippen MR) is 120 cm³/mol. The molecule has 2 aromatic carbocycles. The van der Waals surface area contributed by atoms with Crippen LogP contribution in [0.15, 0.2) is 59.0 Å². The van der Waals surface area contributed by atoms with Crippen LogP contribution in [-0.4, -0.2) is 27.3 Å². The third-order valence-corrected chi connectivity index (χ3v) is 7.64. The van der Waals surface area contributed by atoms with Gasteiger partial charge in [0.25, 0.3) is 0 Å². The Hall–Kier alpha value is -2.22. The van der Waals surface area contributed by atoms with Gasteiger partial charge in [-0.3, -0.25) is 9.10 Å². The monoisotopic (exact) mass is 459 g/mol. The first kappa shape index (κ1) is 19.7. The van der Waals surface area contributed by atoms with Gasteiger partial charge in [0.15, 0.2) is 11.5 Å². The van der Waals surface area contributed by atoms with Crippen molar-refractivity contribution in [1.29, 1.82) is 0 Å². The molecule has 0 saturated carbocycles. The average molecular weight is 460 g/mol. The number of fused-ring (bicyclic) bond motifs is 1. The number of hydrogen-bond acceptors (Lipinski definition) is 6. The van der Waals surface area contributed by atoms with E-state index >= 15 is 0 Å². The van der Waals surface area contributed by atoms with Gasteiger partial charge in [-0.2, -0.15) is 0 Å². The van der Waals surface area contributed by atoms with Crippen LogP contribution in [0.3, 0.4) is 0 Å². The average Bonchev–Trinajstić information content (AvgIpc) is 3.40. The Kier molecular flexibility index (Phi) is 5.58. The number of halogens is 1. The Labute approximate surface area is 187 Å². The second-order valence-electron chi connectivity index (χ2n) is 6.91. The molecule has 5 nitrogen and oxygen atoms in total. The van der Waals surface area contributed by atoms with Crippen LogP contribution in [0.4, 0.5) is 0 Å². The number of carbonyl (C=O) groups excluding carboxylic acids is 1. The summed E-state index contributed by atoms with van der Waals surface area (Å²) in [5.41, 5.74) is 1.87. The highest BCUT2D eigenvalue weighted by Crippen LogP contribution is 2.37. The van der Waals surface area contributed by atoms with E-state index in [9.17, 15) is 4.79 Å². The Balaban J connectivity index is 1.27. The van der Waals surface area contributed by atoms with Gasteiger partial charge in [-0.1, -0.05) is 29.8 Å². The molecule has 2 aliphatic rings. The van der Waals surface area contributed by atoms with Crippen molar-refractivity contribution in [3.05, 3.63) is 70.9 Å². The minimum atomic E-state index is -0.175. The first-order chi connectivity index (χ1) is 14.7. The van der Waals surface area contributed by atoms with Gasteiger partial charge in [0.05, 0.1) is 21.9 Å². The highest BCUT2D eigenvalue weighted by atomic mass is 35.5. The van der Waals surface area contributed by atoms with E-state index in [-0.39, 0.29) is 18.0 Å². The van der Waals surface area contributed by atoms with Gasteiger partial charge in [-0.05, 0) is 53.9 Å². The summed E-state index contributed by atoms with van der Waals surface area (Å²) in [5.74, 6) is 3.08. The fraction of sp³-hybridized carbons (Fsp3) is 0.227. The van der Waals surface area contributed by atoms with Gasteiger partial charge >= 0.3 is 0 Å². The fourth-order valence-corrected chi connectivity index (χ4v) is 6.17. The Morgan fingerprint density at radius 2 is 1.93 bits per heavy atom. The third-order valence-electron chi connectivity index (χ3n) is 4.95. The Morgan fingerprint density at radius 3 is 2.83 bits per heavy atom. The third kappa shape index (κ3) is 4.02. The van der Waals surface area contributed by atoms with Crippen LogP contribution in [-0.2, 0) is 17.8 Å². The number of hydrogen-bond donors (Lipinski definition) is 0. The summed E-state index contributed by atoms with van der Waals surface area (Å²) in [5, 5.41) is 1.29. The van der Waals surface area contributed by atoms with Crippen molar-refractivity contribution in [2.45, 2.75) is 18.2 Å². The maximum absolute atomic E-state index is 13.1. The van der Waals surface area contributed by atoms with Gasteiger partial charge in [0, 0.05) is 12.0 Å². The number of benzene rings is 2. The zero-order valence-electron chi connectivity index (χ0n) is 15.9. The van der Waals surface area contributed by atoms with Crippen LogP contribution in [0.2, 0.25) is 5.02 Å². The molecule has 0 spiro atoms. The van der Waals surface area contributed by atoms with Gasteiger partial charge in [0.2, 0.25) is 12.7 Å². The summed E-state index contributed by atoms with van der Waals surface area (Å²) < 4.78 is 18.6. The van der Waals surface area contributed by atoms with E-state index in [1.807, 2.05) is 58.9 Å². The second-order valence-corrected chi connectivity index (χ2v) is 9.87. The number of nitrogens with zero attached hydrogens (tertiary/aromatic N) is 1. The van der Waals surface area contributed by atoms with Crippen LogP contribution in [0.5, 0.6) is 11.5 Å². The summed E-state index contributed by atoms with van der Waals surface area (Å²) in [6, 6.07) is 17.2. The van der Waals surface area contributed by atoms with Crippen molar-refractivity contribution in [2.24, 2.45) is 0 Å².